The second-order valence-electron chi connectivity index (χ2n) is 4.75. The number of nitrogens with zero attached hydrogens (tertiary/aromatic N) is 3. The molecule has 0 radical (unpaired) electrons. The first-order chi connectivity index (χ1) is 9.11. The largest absolute Gasteiger partial charge is 0.493 e. The van der Waals surface area contributed by atoms with E-state index in [4.69, 9.17) is 4.74 Å². The number of fused-ring (bicyclic) bond motifs is 1. The van der Waals surface area contributed by atoms with E-state index in [-0.39, 0.29) is 17.4 Å². The van der Waals surface area contributed by atoms with Gasteiger partial charge < -0.3 is 4.74 Å². The maximum atomic E-state index is 11.5. The van der Waals surface area contributed by atoms with Gasteiger partial charge in [-0.05, 0) is 25.0 Å². The zero-order chi connectivity index (χ0) is 13.5. The van der Waals surface area contributed by atoms with E-state index in [1.807, 2.05) is 22.7 Å². The SMILES string of the molecule is COc1cccn2c(C3CCS(=O)(=O)CC3)nnc12. The number of ether oxygens (including phenoxy) is 1. The Morgan fingerprint density at radius 2 is 2.05 bits per heavy atom. The van der Waals surface area contributed by atoms with Crippen LogP contribution in [0.1, 0.15) is 24.6 Å². The standard InChI is InChI=1S/C12H15N3O3S/c1-18-10-3-2-6-15-11(13-14-12(10)15)9-4-7-19(16,17)8-5-9/h2-3,6,9H,4-5,7-8H2,1H3. The molecule has 102 valence electrons. The molecule has 1 aliphatic rings. The van der Waals surface area contributed by atoms with E-state index in [0.717, 1.165) is 5.82 Å². The van der Waals surface area contributed by atoms with Gasteiger partial charge in [0.25, 0.3) is 0 Å². The van der Waals surface area contributed by atoms with Crippen molar-refractivity contribution in [1.29, 1.82) is 0 Å². The Morgan fingerprint density at radius 3 is 2.74 bits per heavy atom. The molecule has 0 aromatic carbocycles. The molecule has 1 saturated heterocycles. The Kier molecular flexibility index (Phi) is 2.93. The van der Waals surface area contributed by atoms with Gasteiger partial charge in [0, 0.05) is 12.1 Å². The van der Waals surface area contributed by atoms with Crippen molar-refractivity contribution in [3.8, 4) is 5.75 Å². The Balaban J connectivity index is 1.98. The van der Waals surface area contributed by atoms with Crippen molar-refractivity contribution in [2.24, 2.45) is 0 Å². The van der Waals surface area contributed by atoms with Crippen molar-refractivity contribution in [3.05, 3.63) is 24.2 Å². The van der Waals surface area contributed by atoms with E-state index in [1.54, 1.807) is 7.11 Å². The summed E-state index contributed by atoms with van der Waals surface area (Å²) in [5, 5.41) is 8.35. The van der Waals surface area contributed by atoms with E-state index in [2.05, 4.69) is 10.2 Å². The number of rotatable bonds is 2. The van der Waals surface area contributed by atoms with Gasteiger partial charge in [0.05, 0.1) is 18.6 Å². The average molecular weight is 281 g/mol. The highest BCUT2D eigenvalue weighted by Crippen LogP contribution is 2.29. The third-order valence-corrected chi connectivity index (χ3v) is 5.28. The molecule has 0 aliphatic carbocycles. The molecule has 7 heteroatoms. The molecule has 0 N–H and O–H groups in total. The van der Waals surface area contributed by atoms with Crippen LogP contribution in [-0.2, 0) is 9.84 Å². The maximum Gasteiger partial charge on any atom is 0.203 e. The normalized spacial score (nSPS) is 19.6. The molecule has 0 spiro atoms. The molecular weight excluding hydrogens is 266 g/mol. The number of sulfone groups is 1. The quantitative estimate of drug-likeness (QED) is 0.822. The van der Waals surface area contributed by atoms with Crippen LogP contribution >= 0.6 is 0 Å². The minimum Gasteiger partial charge on any atom is -0.493 e. The van der Waals surface area contributed by atoms with Gasteiger partial charge in [-0.1, -0.05) is 0 Å². The van der Waals surface area contributed by atoms with Gasteiger partial charge in [0.2, 0.25) is 5.65 Å². The highest BCUT2D eigenvalue weighted by atomic mass is 32.2. The third-order valence-electron chi connectivity index (χ3n) is 3.57. The number of hydrogen-bond donors (Lipinski definition) is 0. The zero-order valence-corrected chi connectivity index (χ0v) is 11.4. The molecule has 1 fully saturated rings. The summed E-state index contributed by atoms with van der Waals surface area (Å²) in [6.07, 6.45) is 3.11. The van der Waals surface area contributed by atoms with Crippen LogP contribution < -0.4 is 4.74 Å². The van der Waals surface area contributed by atoms with Crippen molar-refractivity contribution in [3.63, 3.8) is 0 Å². The lowest BCUT2D eigenvalue weighted by Crippen LogP contribution is -2.23. The van der Waals surface area contributed by atoms with E-state index in [1.165, 1.54) is 0 Å². The van der Waals surface area contributed by atoms with Crippen molar-refractivity contribution in [2.45, 2.75) is 18.8 Å². The Hall–Kier alpha value is -1.63. The predicted octanol–water partition coefficient (Wildman–Crippen LogP) is 1.03. The number of aromatic nitrogens is 3. The molecule has 2 aromatic heterocycles. The van der Waals surface area contributed by atoms with Crippen LogP contribution in [0.2, 0.25) is 0 Å². The van der Waals surface area contributed by atoms with Crippen molar-refractivity contribution < 1.29 is 13.2 Å². The van der Waals surface area contributed by atoms with Crippen LogP contribution in [0, 0.1) is 0 Å². The molecule has 0 atom stereocenters. The smallest absolute Gasteiger partial charge is 0.203 e. The lowest BCUT2D eigenvalue weighted by Gasteiger charge is -2.20. The fraction of sp³-hybridized carbons (Fsp3) is 0.500. The van der Waals surface area contributed by atoms with Crippen LogP contribution in [0.4, 0.5) is 0 Å². The van der Waals surface area contributed by atoms with Crippen molar-refractivity contribution in [2.75, 3.05) is 18.6 Å². The number of methoxy groups -OCH3 is 1. The van der Waals surface area contributed by atoms with Gasteiger partial charge >= 0.3 is 0 Å². The Bertz CT molecular complexity index is 694. The van der Waals surface area contributed by atoms with Gasteiger partial charge in [0.1, 0.15) is 15.7 Å². The van der Waals surface area contributed by atoms with E-state index < -0.39 is 9.84 Å². The summed E-state index contributed by atoms with van der Waals surface area (Å²) in [6, 6.07) is 3.71. The monoisotopic (exact) mass is 281 g/mol. The van der Waals surface area contributed by atoms with E-state index in [9.17, 15) is 8.42 Å². The summed E-state index contributed by atoms with van der Waals surface area (Å²) in [5.41, 5.74) is 0.674. The summed E-state index contributed by atoms with van der Waals surface area (Å²) in [5.74, 6) is 2.10. The molecule has 3 rings (SSSR count). The first-order valence-corrected chi connectivity index (χ1v) is 8.01. The van der Waals surface area contributed by atoms with Gasteiger partial charge in [-0.15, -0.1) is 10.2 Å². The van der Waals surface area contributed by atoms with E-state index >= 15 is 0 Å². The minimum atomic E-state index is -2.85. The fourth-order valence-electron chi connectivity index (χ4n) is 2.50. The number of hydrogen-bond acceptors (Lipinski definition) is 5. The molecule has 0 bridgehead atoms. The third kappa shape index (κ3) is 2.18. The average Bonchev–Trinajstić information content (AvgIpc) is 2.82. The molecular formula is C12H15N3O3S. The van der Waals surface area contributed by atoms with Gasteiger partial charge in [0.15, 0.2) is 5.75 Å². The van der Waals surface area contributed by atoms with Crippen LogP contribution in [-0.4, -0.2) is 41.6 Å². The topological polar surface area (TPSA) is 73.6 Å². The van der Waals surface area contributed by atoms with Gasteiger partial charge in [-0.2, -0.15) is 0 Å². The minimum absolute atomic E-state index is 0.144. The van der Waals surface area contributed by atoms with Crippen molar-refractivity contribution >= 4 is 15.5 Å². The van der Waals surface area contributed by atoms with Crippen molar-refractivity contribution in [1.82, 2.24) is 14.6 Å². The van der Waals surface area contributed by atoms with Crippen LogP contribution in [0.25, 0.3) is 5.65 Å². The predicted molar refractivity (Wildman–Crippen MR) is 70.2 cm³/mol. The second-order valence-corrected chi connectivity index (χ2v) is 7.06. The second kappa shape index (κ2) is 4.48. The highest BCUT2D eigenvalue weighted by Gasteiger charge is 2.28. The molecule has 3 heterocycles. The molecule has 19 heavy (non-hydrogen) atoms. The summed E-state index contributed by atoms with van der Waals surface area (Å²) in [6.45, 7) is 0. The van der Waals surface area contributed by atoms with Crippen LogP contribution in [0.15, 0.2) is 18.3 Å². The summed E-state index contributed by atoms with van der Waals surface area (Å²) < 4.78 is 30.1. The zero-order valence-electron chi connectivity index (χ0n) is 10.6. The molecule has 6 nitrogen and oxygen atoms in total. The lowest BCUT2D eigenvalue weighted by molar-refractivity contribution is 0.416. The maximum absolute atomic E-state index is 11.5. The Labute approximate surface area is 111 Å². The van der Waals surface area contributed by atoms with Crippen LogP contribution in [0.5, 0.6) is 5.75 Å². The molecule has 1 aliphatic heterocycles. The summed E-state index contributed by atoms with van der Waals surface area (Å²) in [4.78, 5) is 0. The Morgan fingerprint density at radius 1 is 1.32 bits per heavy atom. The first-order valence-electron chi connectivity index (χ1n) is 6.19. The van der Waals surface area contributed by atoms with Crippen LogP contribution in [0.3, 0.4) is 0 Å². The van der Waals surface area contributed by atoms with E-state index in [0.29, 0.717) is 24.2 Å². The van der Waals surface area contributed by atoms with Gasteiger partial charge in [-0.25, -0.2) is 8.42 Å². The lowest BCUT2D eigenvalue weighted by atomic mass is 10.0. The molecule has 0 amide bonds. The number of pyridine rings is 1. The summed E-state index contributed by atoms with van der Waals surface area (Å²) in [7, 11) is -1.26. The molecule has 2 aromatic rings. The first kappa shape index (κ1) is 12.4. The highest BCUT2D eigenvalue weighted by molar-refractivity contribution is 7.91. The van der Waals surface area contributed by atoms with Gasteiger partial charge in [-0.3, -0.25) is 4.40 Å². The molecule has 0 saturated carbocycles. The fourth-order valence-corrected chi connectivity index (χ4v) is 3.99. The summed E-state index contributed by atoms with van der Waals surface area (Å²) >= 11 is 0. The molecule has 0 unspecified atom stereocenters.